The van der Waals surface area contributed by atoms with Crippen molar-refractivity contribution in [2.45, 2.75) is 17.9 Å². The van der Waals surface area contributed by atoms with Crippen LogP contribution in [0.2, 0.25) is 0 Å². The summed E-state index contributed by atoms with van der Waals surface area (Å²) in [5.74, 6) is -0.781. The van der Waals surface area contributed by atoms with Crippen molar-refractivity contribution in [1.82, 2.24) is 4.31 Å². The molecule has 7 heteroatoms. The summed E-state index contributed by atoms with van der Waals surface area (Å²) >= 11 is 0. The van der Waals surface area contributed by atoms with Crippen molar-refractivity contribution >= 4 is 16.0 Å². The van der Waals surface area contributed by atoms with Gasteiger partial charge in [0.2, 0.25) is 10.0 Å². The van der Waals surface area contributed by atoms with E-state index in [-0.39, 0.29) is 11.4 Å². The van der Waals surface area contributed by atoms with Gasteiger partial charge in [-0.1, -0.05) is 18.2 Å². The molecule has 2 rings (SSSR count). The minimum Gasteiger partial charge on any atom is -0.497 e. The summed E-state index contributed by atoms with van der Waals surface area (Å²) in [6.07, 6.45) is 2.90. The Bertz CT molecular complexity index is 665. The maximum absolute atomic E-state index is 12.6. The molecule has 0 amide bonds. The highest BCUT2D eigenvalue weighted by Gasteiger charge is 2.37. The summed E-state index contributed by atoms with van der Waals surface area (Å²) < 4.78 is 31.2. The smallest absolute Gasteiger partial charge is 0.326 e. The van der Waals surface area contributed by atoms with Crippen molar-refractivity contribution in [1.29, 1.82) is 0 Å². The highest BCUT2D eigenvalue weighted by atomic mass is 32.2. The molecular weight excluding hydrogens is 282 g/mol. The minimum atomic E-state index is -3.89. The van der Waals surface area contributed by atoms with E-state index in [0.29, 0.717) is 11.3 Å². The quantitative estimate of drug-likeness (QED) is 0.839. The van der Waals surface area contributed by atoms with Crippen LogP contribution in [0.4, 0.5) is 0 Å². The van der Waals surface area contributed by atoms with E-state index in [0.717, 1.165) is 4.31 Å². The molecule has 0 spiro atoms. The van der Waals surface area contributed by atoms with Gasteiger partial charge in [-0.05, 0) is 18.6 Å². The van der Waals surface area contributed by atoms with Gasteiger partial charge < -0.3 is 9.84 Å². The molecule has 1 aliphatic rings. The lowest BCUT2D eigenvalue weighted by atomic mass is 10.2. The van der Waals surface area contributed by atoms with Crippen molar-refractivity contribution in [2.24, 2.45) is 0 Å². The Labute approximate surface area is 117 Å². The van der Waals surface area contributed by atoms with E-state index in [1.54, 1.807) is 19.1 Å². The molecule has 1 atom stereocenters. The molecule has 0 radical (unpaired) electrons. The number of ether oxygens (including phenoxy) is 1. The van der Waals surface area contributed by atoms with Gasteiger partial charge in [0.25, 0.3) is 0 Å². The highest BCUT2D eigenvalue weighted by Crippen LogP contribution is 2.27. The van der Waals surface area contributed by atoms with Gasteiger partial charge in [0.05, 0.1) is 12.0 Å². The zero-order valence-electron chi connectivity index (χ0n) is 11.1. The number of nitrogens with zero attached hydrogens (tertiary/aromatic N) is 1. The predicted octanol–water partition coefficient (Wildman–Crippen LogP) is 1.02. The van der Waals surface area contributed by atoms with Gasteiger partial charge in [0.1, 0.15) is 11.8 Å². The first-order chi connectivity index (χ1) is 9.37. The number of hydrogen-bond acceptors (Lipinski definition) is 4. The Morgan fingerprint density at radius 1 is 1.45 bits per heavy atom. The third-order valence-corrected chi connectivity index (χ3v) is 5.14. The Morgan fingerprint density at radius 3 is 2.75 bits per heavy atom. The van der Waals surface area contributed by atoms with E-state index in [1.807, 2.05) is 0 Å². The monoisotopic (exact) mass is 297 g/mol. The molecule has 1 N–H and O–H groups in total. The summed E-state index contributed by atoms with van der Waals surface area (Å²) in [7, 11) is -2.44. The fraction of sp³-hybridized carbons (Fsp3) is 0.308. The van der Waals surface area contributed by atoms with Crippen LogP contribution in [0.5, 0.6) is 5.75 Å². The van der Waals surface area contributed by atoms with Crippen LogP contribution in [0.25, 0.3) is 0 Å². The van der Waals surface area contributed by atoms with Gasteiger partial charge >= 0.3 is 5.97 Å². The number of carbonyl (C=O) groups is 1. The van der Waals surface area contributed by atoms with E-state index in [1.165, 1.54) is 25.3 Å². The molecule has 1 aliphatic heterocycles. The molecule has 20 heavy (non-hydrogen) atoms. The second kappa shape index (κ2) is 5.26. The van der Waals surface area contributed by atoms with Crippen LogP contribution < -0.4 is 4.74 Å². The fourth-order valence-corrected chi connectivity index (χ4v) is 3.80. The van der Waals surface area contributed by atoms with Gasteiger partial charge in [-0.15, -0.1) is 0 Å². The molecule has 0 saturated heterocycles. The fourth-order valence-electron chi connectivity index (χ4n) is 2.07. The number of carboxylic acid groups (broad SMARTS) is 1. The Balaban J connectivity index is 2.48. The van der Waals surface area contributed by atoms with E-state index in [4.69, 9.17) is 9.84 Å². The topological polar surface area (TPSA) is 83.9 Å². The third-order valence-electron chi connectivity index (χ3n) is 3.15. The van der Waals surface area contributed by atoms with Crippen LogP contribution >= 0.6 is 0 Å². The first-order valence-electron chi connectivity index (χ1n) is 5.94. The maximum atomic E-state index is 12.6. The Hall–Kier alpha value is -1.86. The van der Waals surface area contributed by atoms with Crippen molar-refractivity contribution in [3.05, 3.63) is 35.9 Å². The number of hydrogen-bond donors (Lipinski definition) is 1. The lowest BCUT2D eigenvalue weighted by molar-refractivity contribution is -0.139. The number of rotatable bonds is 4. The van der Waals surface area contributed by atoms with Crippen molar-refractivity contribution in [2.75, 3.05) is 13.7 Å². The molecule has 0 aromatic heterocycles. The standard InChI is InChI=1S/C13H15NO5S/c1-9-5-6-10(19-2)8-12(9)20(17,18)14-7-3-4-11(14)13(15)16/h3-6,8,11H,7H2,1-2H3,(H,15,16). The average Bonchev–Trinajstić information content (AvgIpc) is 2.89. The largest absolute Gasteiger partial charge is 0.497 e. The average molecular weight is 297 g/mol. The lowest BCUT2D eigenvalue weighted by Gasteiger charge is -2.22. The molecule has 0 saturated carbocycles. The number of aliphatic carboxylic acids is 1. The maximum Gasteiger partial charge on any atom is 0.326 e. The van der Waals surface area contributed by atoms with Crippen LogP contribution in [0.15, 0.2) is 35.2 Å². The van der Waals surface area contributed by atoms with E-state index in [9.17, 15) is 13.2 Å². The second-order valence-corrected chi connectivity index (χ2v) is 6.28. The molecule has 6 nitrogen and oxygen atoms in total. The SMILES string of the molecule is COc1ccc(C)c(S(=O)(=O)N2CC=CC2C(=O)O)c1. The first-order valence-corrected chi connectivity index (χ1v) is 7.38. The summed E-state index contributed by atoms with van der Waals surface area (Å²) in [6, 6.07) is 3.53. The Kier molecular flexibility index (Phi) is 3.82. The van der Waals surface area contributed by atoms with E-state index < -0.39 is 22.0 Å². The van der Waals surface area contributed by atoms with Crippen molar-refractivity contribution in [3.8, 4) is 5.75 Å². The predicted molar refractivity (Wildman–Crippen MR) is 72.2 cm³/mol. The molecule has 1 unspecified atom stereocenters. The molecule has 0 fully saturated rings. The highest BCUT2D eigenvalue weighted by molar-refractivity contribution is 7.89. The third kappa shape index (κ3) is 2.41. The number of aryl methyl sites for hydroxylation is 1. The Morgan fingerprint density at radius 2 is 2.15 bits per heavy atom. The molecule has 108 valence electrons. The van der Waals surface area contributed by atoms with Gasteiger partial charge in [-0.3, -0.25) is 4.79 Å². The summed E-state index contributed by atoms with van der Waals surface area (Å²) in [6.45, 7) is 1.71. The van der Waals surface area contributed by atoms with Crippen LogP contribution in [0.3, 0.4) is 0 Å². The zero-order valence-corrected chi connectivity index (χ0v) is 11.9. The number of methoxy groups -OCH3 is 1. The number of sulfonamides is 1. The van der Waals surface area contributed by atoms with Crippen LogP contribution in [-0.2, 0) is 14.8 Å². The van der Waals surface area contributed by atoms with E-state index >= 15 is 0 Å². The zero-order chi connectivity index (χ0) is 14.9. The normalized spacial score (nSPS) is 19.2. The lowest BCUT2D eigenvalue weighted by Crippen LogP contribution is -2.41. The van der Waals surface area contributed by atoms with E-state index in [2.05, 4.69) is 0 Å². The number of benzene rings is 1. The molecule has 1 heterocycles. The molecule has 1 aromatic rings. The summed E-state index contributed by atoms with van der Waals surface area (Å²) in [5, 5.41) is 9.08. The minimum absolute atomic E-state index is 0.0515. The molecule has 0 bridgehead atoms. The van der Waals surface area contributed by atoms with Gasteiger partial charge in [-0.25, -0.2) is 8.42 Å². The van der Waals surface area contributed by atoms with Gasteiger partial charge in [0.15, 0.2) is 0 Å². The van der Waals surface area contributed by atoms with Crippen LogP contribution in [0, 0.1) is 6.92 Å². The molecular formula is C13H15NO5S. The van der Waals surface area contributed by atoms with Crippen LogP contribution in [-0.4, -0.2) is 43.5 Å². The summed E-state index contributed by atoms with van der Waals surface area (Å²) in [4.78, 5) is 11.2. The van der Waals surface area contributed by atoms with Crippen LogP contribution in [0.1, 0.15) is 5.56 Å². The second-order valence-electron chi connectivity index (χ2n) is 4.42. The molecule has 0 aliphatic carbocycles. The first kappa shape index (κ1) is 14.5. The summed E-state index contributed by atoms with van der Waals surface area (Å²) in [5.41, 5.74) is 0.543. The molecule has 1 aromatic carbocycles. The van der Waals surface area contributed by atoms with Gasteiger partial charge in [-0.2, -0.15) is 4.31 Å². The van der Waals surface area contributed by atoms with Crippen molar-refractivity contribution < 1.29 is 23.1 Å². The van der Waals surface area contributed by atoms with Crippen molar-refractivity contribution in [3.63, 3.8) is 0 Å². The number of carboxylic acids is 1. The van der Waals surface area contributed by atoms with Gasteiger partial charge in [0, 0.05) is 12.6 Å².